The number of piperazine rings is 1. The molecule has 20 heavy (non-hydrogen) atoms. The standard InChI is InChI=1S/C14H16F2N2O2/c1-8(2)12-13(19)17-5-6-18(12)14(20)9-3-4-10(15)11(16)7-9/h3-4,7-8,12H,5-6H2,1-2H3,(H,17,19). The summed E-state index contributed by atoms with van der Waals surface area (Å²) in [5, 5.41) is 2.70. The summed E-state index contributed by atoms with van der Waals surface area (Å²) in [6, 6.07) is 2.41. The minimum atomic E-state index is -1.07. The second kappa shape index (κ2) is 5.56. The van der Waals surface area contributed by atoms with Crippen molar-refractivity contribution in [1.82, 2.24) is 10.2 Å². The van der Waals surface area contributed by atoms with Crippen LogP contribution in [0.25, 0.3) is 0 Å². The largest absolute Gasteiger partial charge is 0.353 e. The van der Waals surface area contributed by atoms with Crippen LogP contribution in [-0.2, 0) is 4.79 Å². The van der Waals surface area contributed by atoms with Gasteiger partial charge in [-0.15, -0.1) is 0 Å². The highest BCUT2D eigenvalue weighted by Gasteiger charge is 2.35. The highest BCUT2D eigenvalue weighted by Crippen LogP contribution is 2.18. The van der Waals surface area contributed by atoms with Gasteiger partial charge in [0, 0.05) is 18.7 Å². The van der Waals surface area contributed by atoms with E-state index in [-0.39, 0.29) is 17.4 Å². The third-order valence-electron chi connectivity index (χ3n) is 3.32. The maximum Gasteiger partial charge on any atom is 0.254 e. The topological polar surface area (TPSA) is 49.4 Å². The van der Waals surface area contributed by atoms with Crippen LogP contribution in [0.4, 0.5) is 8.78 Å². The van der Waals surface area contributed by atoms with Gasteiger partial charge in [-0.3, -0.25) is 9.59 Å². The maximum atomic E-state index is 13.2. The predicted octanol–water partition coefficient (Wildman–Crippen LogP) is 1.56. The van der Waals surface area contributed by atoms with Crippen molar-refractivity contribution in [3.05, 3.63) is 35.4 Å². The first-order valence-corrected chi connectivity index (χ1v) is 6.45. The third-order valence-corrected chi connectivity index (χ3v) is 3.32. The van der Waals surface area contributed by atoms with Gasteiger partial charge in [-0.05, 0) is 24.1 Å². The number of hydrogen-bond donors (Lipinski definition) is 1. The fourth-order valence-electron chi connectivity index (χ4n) is 2.37. The lowest BCUT2D eigenvalue weighted by molar-refractivity contribution is -0.129. The number of hydrogen-bond acceptors (Lipinski definition) is 2. The number of carbonyl (C=O) groups is 2. The van der Waals surface area contributed by atoms with Gasteiger partial charge < -0.3 is 10.2 Å². The molecule has 1 unspecified atom stereocenters. The molecule has 1 N–H and O–H groups in total. The van der Waals surface area contributed by atoms with E-state index in [4.69, 9.17) is 0 Å². The van der Waals surface area contributed by atoms with Crippen LogP contribution >= 0.6 is 0 Å². The first-order chi connectivity index (χ1) is 9.41. The molecule has 6 heteroatoms. The van der Waals surface area contributed by atoms with Gasteiger partial charge in [0.25, 0.3) is 5.91 Å². The van der Waals surface area contributed by atoms with E-state index in [2.05, 4.69) is 5.32 Å². The number of carbonyl (C=O) groups excluding carboxylic acids is 2. The van der Waals surface area contributed by atoms with Crippen molar-refractivity contribution >= 4 is 11.8 Å². The number of nitrogens with zero attached hydrogens (tertiary/aromatic N) is 1. The zero-order valence-electron chi connectivity index (χ0n) is 11.3. The van der Waals surface area contributed by atoms with Gasteiger partial charge in [-0.2, -0.15) is 0 Å². The summed E-state index contributed by atoms with van der Waals surface area (Å²) < 4.78 is 26.1. The summed E-state index contributed by atoms with van der Waals surface area (Å²) in [5.41, 5.74) is 0.0456. The molecule has 1 heterocycles. The van der Waals surface area contributed by atoms with Gasteiger partial charge in [0.15, 0.2) is 11.6 Å². The number of nitrogens with one attached hydrogen (secondary N) is 1. The van der Waals surface area contributed by atoms with Crippen molar-refractivity contribution in [3.8, 4) is 0 Å². The molecule has 1 fully saturated rings. The van der Waals surface area contributed by atoms with Crippen LogP contribution in [0.3, 0.4) is 0 Å². The van der Waals surface area contributed by atoms with Crippen LogP contribution in [-0.4, -0.2) is 35.8 Å². The molecule has 1 aromatic rings. The Morgan fingerprint density at radius 3 is 2.65 bits per heavy atom. The van der Waals surface area contributed by atoms with Crippen molar-refractivity contribution in [2.75, 3.05) is 13.1 Å². The molecule has 2 amide bonds. The van der Waals surface area contributed by atoms with E-state index in [1.165, 1.54) is 11.0 Å². The van der Waals surface area contributed by atoms with E-state index in [0.29, 0.717) is 13.1 Å². The molecule has 2 rings (SSSR count). The molecule has 1 saturated heterocycles. The molecular formula is C14H16F2N2O2. The second-order valence-electron chi connectivity index (χ2n) is 5.11. The molecule has 0 aromatic heterocycles. The third kappa shape index (κ3) is 2.64. The molecule has 0 bridgehead atoms. The van der Waals surface area contributed by atoms with E-state index in [1.54, 1.807) is 0 Å². The van der Waals surface area contributed by atoms with Crippen LogP contribution in [0.1, 0.15) is 24.2 Å². The molecule has 108 valence electrons. The van der Waals surface area contributed by atoms with Crippen LogP contribution in [0, 0.1) is 17.6 Å². The van der Waals surface area contributed by atoms with E-state index < -0.39 is 23.6 Å². The summed E-state index contributed by atoms with van der Waals surface area (Å²) in [6.07, 6.45) is 0. The smallest absolute Gasteiger partial charge is 0.254 e. The first kappa shape index (κ1) is 14.4. The lowest BCUT2D eigenvalue weighted by Crippen LogP contribution is -2.59. The summed E-state index contributed by atoms with van der Waals surface area (Å²) >= 11 is 0. The van der Waals surface area contributed by atoms with E-state index in [0.717, 1.165) is 12.1 Å². The Morgan fingerprint density at radius 2 is 2.05 bits per heavy atom. The Morgan fingerprint density at radius 1 is 1.35 bits per heavy atom. The molecule has 1 atom stereocenters. The van der Waals surface area contributed by atoms with Crippen molar-refractivity contribution < 1.29 is 18.4 Å². The fourth-order valence-corrected chi connectivity index (χ4v) is 2.37. The van der Waals surface area contributed by atoms with Crippen molar-refractivity contribution in [3.63, 3.8) is 0 Å². The minimum absolute atomic E-state index is 0.0456. The normalized spacial score (nSPS) is 19.1. The summed E-state index contributed by atoms with van der Waals surface area (Å²) in [5.74, 6) is -2.82. The molecular weight excluding hydrogens is 266 g/mol. The molecule has 1 aliphatic rings. The van der Waals surface area contributed by atoms with Crippen LogP contribution in [0.5, 0.6) is 0 Å². The van der Waals surface area contributed by atoms with Crippen molar-refractivity contribution in [1.29, 1.82) is 0 Å². The highest BCUT2D eigenvalue weighted by atomic mass is 19.2. The Labute approximate surface area is 115 Å². The molecule has 0 saturated carbocycles. The molecule has 0 aliphatic carbocycles. The van der Waals surface area contributed by atoms with E-state index in [1.807, 2.05) is 13.8 Å². The van der Waals surface area contributed by atoms with Gasteiger partial charge in [-0.1, -0.05) is 13.8 Å². The SMILES string of the molecule is CC(C)C1C(=O)NCCN1C(=O)c1ccc(F)c(F)c1. The van der Waals surface area contributed by atoms with Gasteiger partial charge in [0.2, 0.25) is 5.91 Å². The number of benzene rings is 1. The van der Waals surface area contributed by atoms with Gasteiger partial charge >= 0.3 is 0 Å². The van der Waals surface area contributed by atoms with E-state index >= 15 is 0 Å². The lowest BCUT2D eigenvalue weighted by Gasteiger charge is -2.37. The molecule has 4 nitrogen and oxygen atoms in total. The monoisotopic (exact) mass is 282 g/mol. The maximum absolute atomic E-state index is 13.2. The Balaban J connectivity index is 2.30. The number of halogens is 2. The fraction of sp³-hybridized carbons (Fsp3) is 0.429. The van der Waals surface area contributed by atoms with Crippen LogP contribution in [0.2, 0.25) is 0 Å². The van der Waals surface area contributed by atoms with Crippen molar-refractivity contribution in [2.45, 2.75) is 19.9 Å². The first-order valence-electron chi connectivity index (χ1n) is 6.45. The van der Waals surface area contributed by atoms with Gasteiger partial charge in [0.05, 0.1) is 0 Å². The Bertz CT molecular complexity index is 546. The van der Waals surface area contributed by atoms with Gasteiger partial charge in [-0.25, -0.2) is 8.78 Å². The van der Waals surface area contributed by atoms with E-state index in [9.17, 15) is 18.4 Å². The summed E-state index contributed by atoms with van der Waals surface area (Å²) in [4.78, 5) is 25.7. The zero-order chi connectivity index (χ0) is 14.9. The minimum Gasteiger partial charge on any atom is -0.353 e. The molecule has 1 aromatic carbocycles. The zero-order valence-corrected chi connectivity index (χ0v) is 11.3. The molecule has 1 aliphatic heterocycles. The quantitative estimate of drug-likeness (QED) is 0.895. The van der Waals surface area contributed by atoms with Gasteiger partial charge in [0.1, 0.15) is 6.04 Å². The Hall–Kier alpha value is -1.98. The average molecular weight is 282 g/mol. The number of amides is 2. The average Bonchev–Trinajstić information content (AvgIpc) is 2.40. The molecule has 0 spiro atoms. The van der Waals surface area contributed by atoms with Crippen molar-refractivity contribution in [2.24, 2.45) is 5.92 Å². The predicted molar refractivity (Wildman–Crippen MR) is 69.0 cm³/mol. The van der Waals surface area contributed by atoms with Crippen LogP contribution < -0.4 is 5.32 Å². The molecule has 0 radical (unpaired) electrons. The highest BCUT2D eigenvalue weighted by molar-refractivity contribution is 5.98. The summed E-state index contributed by atoms with van der Waals surface area (Å²) in [7, 11) is 0. The number of rotatable bonds is 2. The lowest BCUT2D eigenvalue weighted by atomic mass is 9.98. The Kier molecular flexibility index (Phi) is 4.01. The summed E-state index contributed by atoms with van der Waals surface area (Å²) in [6.45, 7) is 4.38. The second-order valence-corrected chi connectivity index (χ2v) is 5.11. The van der Waals surface area contributed by atoms with Crippen LogP contribution in [0.15, 0.2) is 18.2 Å².